The molecule has 25 heavy (non-hydrogen) atoms. The molecule has 3 rings (SSSR count). The number of para-hydroxylation sites is 1. The van der Waals surface area contributed by atoms with Crippen molar-refractivity contribution in [2.24, 2.45) is 7.05 Å². The second-order valence-electron chi connectivity index (χ2n) is 5.32. The maximum absolute atomic E-state index is 12.0. The number of benzene rings is 2. The Morgan fingerprint density at radius 1 is 1.00 bits per heavy atom. The average Bonchev–Trinajstić information content (AvgIpc) is 2.60. The number of anilines is 2. The molecule has 1 aromatic heterocycles. The Morgan fingerprint density at radius 2 is 1.72 bits per heavy atom. The Labute approximate surface area is 149 Å². The summed E-state index contributed by atoms with van der Waals surface area (Å²) in [7, 11) is 1.60. The summed E-state index contributed by atoms with van der Waals surface area (Å²) in [4.78, 5) is 23.4. The van der Waals surface area contributed by atoms with Gasteiger partial charge in [0.1, 0.15) is 0 Å². The van der Waals surface area contributed by atoms with Crippen molar-refractivity contribution in [2.45, 2.75) is 0 Å². The number of hydrogen-bond donors (Lipinski definition) is 2. The molecule has 6 nitrogen and oxygen atoms in total. The summed E-state index contributed by atoms with van der Waals surface area (Å²) < 4.78 is 1.28. The number of nitrogens with zero attached hydrogens (tertiary/aromatic N) is 2. The van der Waals surface area contributed by atoms with Gasteiger partial charge in [-0.05, 0) is 30.3 Å². The minimum atomic E-state index is -0.388. The van der Waals surface area contributed by atoms with Crippen molar-refractivity contribution in [3.05, 3.63) is 76.0 Å². The molecule has 0 saturated carbocycles. The van der Waals surface area contributed by atoms with Crippen molar-refractivity contribution in [1.29, 1.82) is 0 Å². The van der Waals surface area contributed by atoms with Gasteiger partial charge in [0, 0.05) is 24.4 Å². The zero-order chi connectivity index (χ0) is 17.8. The summed E-state index contributed by atoms with van der Waals surface area (Å²) in [5.41, 5.74) is 2.51. The van der Waals surface area contributed by atoms with Crippen molar-refractivity contribution in [2.75, 3.05) is 10.6 Å². The molecule has 0 spiro atoms. The highest BCUT2D eigenvalue weighted by Gasteiger charge is 2.06. The molecule has 0 radical (unpaired) electrons. The number of halogens is 1. The number of hydrogen-bond acceptors (Lipinski definition) is 3. The fourth-order valence-electron chi connectivity index (χ4n) is 2.23. The summed E-state index contributed by atoms with van der Waals surface area (Å²) >= 11 is 6.01. The predicted molar refractivity (Wildman–Crippen MR) is 99.0 cm³/mol. The van der Waals surface area contributed by atoms with Crippen molar-refractivity contribution in [1.82, 2.24) is 9.78 Å². The van der Waals surface area contributed by atoms with E-state index in [1.54, 1.807) is 49.5 Å². The molecular weight excluding hydrogens is 340 g/mol. The third kappa shape index (κ3) is 4.05. The van der Waals surface area contributed by atoms with Crippen molar-refractivity contribution >= 4 is 29.0 Å². The van der Waals surface area contributed by atoms with Crippen LogP contribution in [-0.4, -0.2) is 15.8 Å². The minimum Gasteiger partial charge on any atom is -0.308 e. The lowest BCUT2D eigenvalue weighted by atomic mass is 10.1. The van der Waals surface area contributed by atoms with Crippen LogP contribution in [0.4, 0.5) is 16.2 Å². The van der Waals surface area contributed by atoms with Gasteiger partial charge in [-0.3, -0.25) is 4.79 Å². The molecule has 1 heterocycles. The normalized spacial score (nSPS) is 10.3. The molecule has 0 unspecified atom stereocenters. The van der Waals surface area contributed by atoms with Crippen LogP contribution in [-0.2, 0) is 7.05 Å². The van der Waals surface area contributed by atoms with Gasteiger partial charge in [0.25, 0.3) is 5.56 Å². The number of carbonyl (C=O) groups is 1. The molecule has 0 aliphatic carbocycles. The van der Waals surface area contributed by atoms with Gasteiger partial charge >= 0.3 is 6.03 Å². The van der Waals surface area contributed by atoms with Gasteiger partial charge in [-0.2, -0.15) is 5.10 Å². The number of carbonyl (C=O) groups excluding carboxylic acids is 1. The van der Waals surface area contributed by atoms with E-state index in [-0.39, 0.29) is 11.6 Å². The van der Waals surface area contributed by atoms with Crippen LogP contribution in [0.15, 0.2) is 65.5 Å². The quantitative estimate of drug-likeness (QED) is 0.752. The molecule has 2 amide bonds. The number of rotatable bonds is 3. The lowest BCUT2D eigenvalue weighted by Crippen LogP contribution is -2.19. The van der Waals surface area contributed by atoms with Crippen LogP contribution in [0, 0.1) is 0 Å². The zero-order valence-electron chi connectivity index (χ0n) is 13.4. The molecule has 2 aromatic carbocycles. The van der Waals surface area contributed by atoms with Crippen LogP contribution in [0.3, 0.4) is 0 Å². The summed E-state index contributed by atoms with van der Waals surface area (Å²) in [5, 5.41) is 10.1. The molecule has 0 atom stereocenters. The first-order chi connectivity index (χ1) is 12.0. The lowest BCUT2D eigenvalue weighted by Gasteiger charge is -2.09. The zero-order valence-corrected chi connectivity index (χ0v) is 14.1. The lowest BCUT2D eigenvalue weighted by molar-refractivity contribution is 0.262. The standard InChI is InChI=1S/C18H15ClN4O2/c1-23-17(24)11-10-15(22-23)12-6-8-13(9-7-12)20-18(25)21-16-5-3-2-4-14(16)19/h2-11H,1H3,(H2,20,21,25). The fourth-order valence-corrected chi connectivity index (χ4v) is 2.41. The Bertz CT molecular complexity index is 967. The largest absolute Gasteiger partial charge is 0.323 e. The van der Waals surface area contributed by atoms with Crippen LogP contribution in [0.2, 0.25) is 5.02 Å². The maximum Gasteiger partial charge on any atom is 0.323 e. The van der Waals surface area contributed by atoms with Gasteiger partial charge in [0.05, 0.1) is 16.4 Å². The molecular formula is C18H15ClN4O2. The van der Waals surface area contributed by atoms with Crippen LogP contribution >= 0.6 is 11.6 Å². The molecule has 2 N–H and O–H groups in total. The van der Waals surface area contributed by atoms with E-state index in [2.05, 4.69) is 15.7 Å². The Morgan fingerprint density at radius 3 is 2.40 bits per heavy atom. The van der Waals surface area contributed by atoms with Gasteiger partial charge in [0.2, 0.25) is 0 Å². The van der Waals surface area contributed by atoms with Crippen molar-refractivity contribution < 1.29 is 4.79 Å². The van der Waals surface area contributed by atoms with Crippen LogP contribution in [0.1, 0.15) is 0 Å². The molecule has 0 saturated heterocycles. The van der Waals surface area contributed by atoms with Gasteiger partial charge in [-0.25, -0.2) is 9.48 Å². The van der Waals surface area contributed by atoms with E-state index < -0.39 is 0 Å². The molecule has 126 valence electrons. The van der Waals surface area contributed by atoms with E-state index in [9.17, 15) is 9.59 Å². The highest BCUT2D eigenvalue weighted by molar-refractivity contribution is 6.33. The van der Waals surface area contributed by atoms with E-state index in [4.69, 9.17) is 11.6 Å². The first-order valence-corrected chi connectivity index (χ1v) is 7.88. The van der Waals surface area contributed by atoms with E-state index in [1.165, 1.54) is 10.7 Å². The number of amides is 2. The summed E-state index contributed by atoms with van der Waals surface area (Å²) in [5.74, 6) is 0. The molecule has 0 bridgehead atoms. The molecule has 0 aliphatic rings. The highest BCUT2D eigenvalue weighted by Crippen LogP contribution is 2.21. The van der Waals surface area contributed by atoms with Crippen LogP contribution in [0.25, 0.3) is 11.3 Å². The van der Waals surface area contributed by atoms with Crippen molar-refractivity contribution in [3.8, 4) is 11.3 Å². The van der Waals surface area contributed by atoms with Gasteiger partial charge < -0.3 is 10.6 Å². The second-order valence-corrected chi connectivity index (χ2v) is 5.72. The third-order valence-corrected chi connectivity index (χ3v) is 3.85. The number of urea groups is 1. The predicted octanol–water partition coefficient (Wildman–Crippen LogP) is 3.74. The van der Waals surface area contributed by atoms with Crippen LogP contribution in [0.5, 0.6) is 0 Å². The van der Waals surface area contributed by atoms with Crippen LogP contribution < -0.4 is 16.2 Å². The Hall–Kier alpha value is -3.12. The smallest absolute Gasteiger partial charge is 0.308 e. The number of nitrogens with one attached hydrogen (secondary N) is 2. The number of aromatic nitrogens is 2. The first kappa shape index (κ1) is 16.7. The maximum atomic E-state index is 12.0. The number of aryl methyl sites for hydroxylation is 1. The Kier molecular flexibility index (Phi) is 4.81. The second kappa shape index (κ2) is 7.19. The van der Waals surface area contributed by atoms with Gasteiger partial charge in [-0.15, -0.1) is 0 Å². The summed E-state index contributed by atoms with van der Waals surface area (Å²) in [6.07, 6.45) is 0. The summed E-state index contributed by atoms with van der Waals surface area (Å²) in [6, 6.07) is 16.9. The highest BCUT2D eigenvalue weighted by atomic mass is 35.5. The van der Waals surface area contributed by atoms with E-state index >= 15 is 0 Å². The van der Waals surface area contributed by atoms with Gasteiger partial charge in [-0.1, -0.05) is 35.9 Å². The SMILES string of the molecule is Cn1nc(-c2ccc(NC(=O)Nc3ccccc3Cl)cc2)ccc1=O. The monoisotopic (exact) mass is 354 g/mol. The molecule has 7 heteroatoms. The molecule has 0 aliphatic heterocycles. The van der Waals surface area contributed by atoms with Crippen molar-refractivity contribution in [3.63, 3.8) is 0 Å². The third-order valence-electron chi connectivity index (χ3n) is 3.52. The molecule has 0 fully saturated rings. The Balaban J connectivity index is 1.70. The van der Waals surface area contributed by atoms with Gasteiger partial charge in [0.15, 0.2) is 0 Å². The average molecular weight is 355 g/mol. The fraction of sp³-hybridized carbons (Fsp3) is 0.0556. The van der Waals surface area contributed by atoms with E-state index in [1.807, 2.05) is 12.1 Å². The first-order valence-electron chi connectivity index (χ1n) is 7.50. The van der Waals surface area contributed by atoms with E-state index in [0.717, 1.165) is 5.56 Å². The van der Waals surface area contributed by atoms with E-state index in [0.29, 0.717) is 22.1 Å². The minimum absolute atomic E-state index is 0.168. The molecule has 3 aromatic rings. The topological polar surface area (TPSA) is 76.0 Å². The summed E-state index contributed by atoms with van der Waals surface area (Å²) in [6.45, 7) is 0.